The number of hydrogen-bond acceptors (Lipinski definition) is 3. The van der Waals surface area contributed by atoms with Crippen LogP contribution in [0.3, 0.4) is 0 Å². The van der Waals surface area contributed by atoms with Crippen LogP contribution in [0.1, 0.15) is 11.3 Å². The van der Waals surface area contributed by atoms with Crippen molar-refractivity contribution >= 4 is 0 Å². The number of para-hydroxylation sites is 1. The van der Waals surface area contributed by atoms with Crippen molar-refractivity contribution < 1.29 is 9.47 Å². The van der Waals surface area contributed by atoms with Crippen LogP contribution in [0.4, 0.5) is 0 Å². The first-order valence-electron chi connectivity index (χ1n) is 7.16. The first-order chi connectivity index (χ1) is 10.7. The largest absolute Gasteiger partial charge is 0.457 e. The third-order valence-corrected chi connectivity index (χ3v) is 3.33. The quantitative estimate of drug-likeness (QED) is 0.655. The minimum Gasteiger partial charge on any atom is -0.457 e. The fourth-order valence-corrected chi connectivity index (χ4v) is 2.01. The number of rotatable bonds is 4. The molecule has 2 aromatic carbocycles. The number of nitrogens with zero attached hydrogens (tertiary/aromatic N) is 1. The van der Waals surface area contributed by atoms with Crippen molar-refractivity contribution in [2.24, 2.45) is 0 Å². The van der Waals surface area contributed by atoms with Gasteiger partial charge in [-0.25, -0.2) is 4.98 Å². The van der Waals surface area contributed by atoms with Crippen LogP contribution in [0, 0.1) is 13.8 Å². The van der Waals surface area contributed by atoms with E-state index < -0.39 is 0 Å². The van der Waals surface area contributed by atoms with E-state index in [0.29, 0.717) is 11.6 Å². The highest BCUT2D eigenvalue weighted by atomic mass is 16.5. The van der Waals surface area contributed by atoms with Gasteiger partial charge in [0.2, 0.25) is 5.88 Å². The van der Waals surface area contributed by atoms with E-state index in [0.717, 1.165) is 22.8 Å². The van der Waals surface area contributed by atoms with Crippen molar-refractivity contribution in [3.8, 4) is 23.1 Å². The third-order valence-electron chi connectivity index (χ3n) is 3.33. The van der Waals surface area contributed by atoms with Gasteiger partial charge >= 0.3 is 0 Å². The molecule has 0 fully saturated rings. The lowest BCUT2D eigenvalue weighted by Crippen LogP contribution is -1.92. The zero-order valence-electron chi connectivity index (χ0n) is 12.6. The molecule has 22 heavy (non-hydrogen) atoms. The Morgan fingerprint density at radius 1 is 0.682 bits per heavy atom. The van der Waals surface area contributed by atoms with Crippen molar-refractivity contribution in [2.75, 3.05) is 0 Å². The molecule has 0 aliphatic rings. The Balaban J connectivity index is 1.77. The molecule has 0 unspecified atom stereocenters. The maximum absolute atomic E-state index is 5.80. The summed E-state index contributed by atoms with van der Waals surface area (Å²) < 4.78 is 11.6. The standard InChI is InChI=1S/C19H17NO2/c1-14-11-12-19(20-15(14)2)22-18-10-6-9-17(13-18)21-16-7-4-3-5-8-16/h3-13H,1-2H3. The molecule has 0 atom stereocenters. The summed E-state index contributed by atoms with van der Waals surface area (Å²) >= 11 is 0. The van der Waals surface area contributed by atoms with Crippen molar-refractivity contribution in [1.29, 1.82) is 0 Å². The van der Waals surface area contributed by atoms with Gasteiger partial charge < -0.3 is 9.47 Å². The van der Waals surface area contributed by atoms with E-state index >= 15 is 0 Å². The molecule has 1 aromatic heterocycles. The highest BCUT2D eigenvalue weighted by Gasteiger charge is 2.03. The molecule has 0 saturated carbocycles. The Bertz CT molecular complexity index is 769. The minimum absolute atomic E-state index is 0.583. The average molecular weight is 291 g/mol. The van der Waals surface area contributed by atoms with Crippen LogP contribution in [-0.2, 0) is 0 Å². The smallest absolute Gasteiger partial charge is 0.219 e. The van der Waals surface area contributed by atoms with E-state index in [2.05, 4.69) is 4.98 Å². The number of hydrogen-bond donors (Lipinski definition) is 0. The van der Waals surface area contributed by atoms with Gasteiger partial charge in [0.25, 0.3) is 0 Å². The van der Waals surface area contributed by atoms with Gasteiger partial charge in [0.05, 0.1) is 0 Å². The second-order valence-corrected chi connectivity index (χ2v) is 5.04. The Hall–Kier alpha value is -2.81. The Morgan fingerprint density at radius 2 is 1.36 bits per heavy atom. The lowest BCUT2D eigenvalue weighted by molar-refractivity contribution is 0.448. The molecular formula is C19H17NO2. The fraction of sp³-hybridized carbons (Fsp3) is 0.105. The van der Waals surface area contributed by atoms with Gasteiger partial charge in [0.1, 0.15) is 17.2 Å². The molecule has 0 bridgehead atoms. The predicted octanol–water partition coefficient (Wildman–Crippen LogP) is 5.28. The molecule has 0 radical (unpaired) electrons. The summed E-state index contributed by atoms with van der Waals surface area (Å²) in [6, 6.07) is 21.1. The summed E-state index contributed by atoms with van der Waals surface area (Å²) in [7, 11) is 0. The second kappa shape index (κ2) is 6.31. The van der Waals surface area contributed by atoms with Crippen molar-refractivity contribution in [3.63, 3.8) is 0 Å². The number of ether oxygens (including phenoxy) is 2. The van der Waals surface area contributed by atoms with E-state index in [1.165, 1.54) is 0 Å². The topological polar surface area (TPSA) is 31.4 Å². The van der Waals surface area contributed by atoms with Crippen LogP contribution < -0.4 is 9.47 Å². The summed E-state index contributed by atoms with van der Waals surface area (Å²) in [6.07, 6.45) is 0. The van der Waals surface area contributed by atoms with E-state index in [1.807, 2.05) is 80.6 Å². The normalized spacial score (nSPS) is 10.3. The van der Waals surface area contributed by atoms with Crippen molar-refractivity contribution in [3.05, 3.63) is 78.0 Å². The summed E-state index contributed by atoms with van der Waals surface area (Å²) in [5.41, 5.74) is 2.11. The first kappa shape index (κ1) is 14.1. The van der Waals surface area contributed by atoms with Gasteiger partial charge in [-0.2, -0.15) is 0 Å². The molecular weight excluding hydrogens is 274 g/mol. The summed E-state index contributed by atoms with van der Waals surface area (Å²) in [5.74, 6) is 2.81. The zero-order chi connectivity index (χ0) is 15.4. The van der Waals surface area contributed by atoms with Gasteiger partial charge in [-0.05, 0) is 43.7 Å². The summed E-state index contributed by atoms with van der Waals surface area (Å²) in [4.78, 5) is 4.42. The maximum Gasteiger partial charge on any atom is 0.219 e. The molecule has 110 valence electrons. The predicted molar refractivity (Wildman–Crippen MR) is 86.7 cm³/mol. The Labute approximate surface area is 130 Å². The monoisotopic (exact) mass is 291 g/mol. The Morgan fingerprint density at radius 3 is 2.09 bits per heavy atom. The van der Waals surface area contributed by atoms with Crippen LogP contribution >= 0.6 is 0 Å². The summed E-state index contributed by atoms with van der Waals surface area (Å²) in [6.45, 7) is 4.00. The van der Waals surface area contributed by atoms with Crippen LogP contribution in [0.15, 0.2) is 66.7 Å². The van der Waals surface area contributed by atoms with E-state index in [1.54, 1.807) is 0 Å². The molecule has 3 nitrogen and oxygen atoms in total. The van der Waals surface area contributed by atoms with E-state index in [4.69, 9.17) is 9.47 Å². The average Bonchev–Trinajstić information content (AvgIpc) is 2.52. The van der Waals surface area contributed by atoms with Gasteiger partial charge in [0.15, 0.2) is 0 Å². The lowest BCUT2D eigenvalue weighted by atomic mass is 10.2. The zero-order valence-corrected chi connectivity index (χ0v) is 12.6. The van der Waals surface area contributed by atoms with Crippen molar-refractivity contribution in [1.82, 2.24) is 4.98 Å². The number of pyridine rings is 1. The summed E-state index contributed by atoms with van der Waals surface area (Å²) in [5, 5.41) is 0. The first-order valence-corrected chi connectivity index (χ1v) is 7.16. The molecule has 0 spiro atoms. The van der Waals surface area contributed by atoms with E-state index in [9.17, 15) is 0 Å². The van der Waals surface area contributed by atoms with Crippen LogP contribution in [0.25, 0.3) is 0 Å². The van der Waals surface area contributed by atoms with Gasteiger partial charge in [0, 0.05) is 17.8 Å². The molecule has 0 N–H and O–H groups in total. The molecule has 3 rings (SSSR count). The van der Waals surface area contributed by atoms with E-state index in [-0.39, 0.29) is 0 Å². The maximum atomic E-state index is 5.80. The van der Waals surface area contributed by atoms with Gasteiger partial charge in [-0.1, -0.05) is 30.3 Å². The molecule has 0 saturated heterocycles. The Kier molecular flexibility index (Phi) is 4.05. The van der Waals surface area contributed by atoms with Crippen molar-refractivity contribution in [2.45, 2.75) is 13.8 Å². The molecule has 0 aliphatic carbocycles. The van der Waals surface area contributed by atoms with Crippen LogP contribution in [0.2, 0.25) is 0 Å². The van der Waals surface area contributed by atoms with Gasteiger partial charge in [-0.15, -0.1) is 0 Å². The van der Waals surface area contributed by atoms with Crippen LogP contribution in [-0.4, -0.2) is 4.98 Å². The highest BCUT2D eigenvalue weighted by molar-refractivity contribution is 5.38. The highest BCUT2D eigenvalue weighted by Crippen LogP contribution is 2.27. The fourth-order valence-electron chi connectivity index (χ4n) is 2.01. The molecule has 0 aliphatic heterocycles. The number of benzene rings is 2. The lowest BCUT2D eigenvalue weighted by Gasteiger charge is -2.09. The second-order valence-electron chi connectivity index (χ2n) is 5.04. The molecule has 1 heterocycles. The SMILES string of the molecule is Cc1ccc(Oc2cccc(Oc3ccccc3)c2)nc1C. The number of aryl methyl sites for hydroxylation is 2. The van der Waals surface area contributed by atoms with Gasteiger partial charge in [-0.3, -0.25) is 0 Å². The molecule has 3 heteroatoms. The third kappa shape index (κ3) is 3.44. The van der Waals surface area contributed by atoms with Crippen LogP contribution in [0.5, 0.6) is 23.1 Å². The number of aromatic nitrogens is 1. The molecule has 0 amide bonds. The minimum atomic E-state index is 0.583. The molecule has 3 aromatic rings.